The molecule has 0 bridgehead atoms. The summed E-state index contributed by atoms with van der Waals surface area (Å²) in [6, 6.07) is 16.6. The van der Waals surface area contributed by atoms with E-state index in [1.54, 1.807) is 25.8 Å². The Balaban J connectivity index is 1.06. The number of aromatic nitrogens is 4. The van der Waals surface area contributed by atoms with Gasteiger partial charge in [0, 0.05) is 13.6 Å². The molecule has 3 aliphatic rings. The van der Waals surface area contributed by atoms with Crippen molar-refractivity contribution in [2.75, 3.05) is 27.8 Å². The number of hydrogen-bond donors (Lipinski definition) is 4. The van der Waals surface area contributed by atoms with Crippen molar-refractivity contribution < 1.29 is 28.7 Å². The molecule has 2 aliphatic carbocycles. The van der Waals surface area contributed by atoms with Crippen molar-refractivity contribution in [3.8, 4) is 33.5 Å². The monoisotopic (exact) mass is 870 g/mol. The van der Waals surface area contributed by atoms with E-state index in [1.165, 1.54) is 61.5 Å². The first-order valence-corrected chi connectivity index (χ1v) is 22.4. The fraction of sp³-hybridized carbons (Fsp3) is 0.449. The topological polar surface area (TPSA) is 192 Å². The zero-order valence-corrected chi connectivity index (χ0v) is 37.5. The van der Waals surface area contributed by atoms with Gasteiger partial charge in [-0.1, -0.05) is 68.7 Å². The number of nitrogens with one attached hydrogen (secondary N) is 4. The van der Waals surface area contributed by atoms with Crippen molar-refractivity contribution in [3.63, 3.8) is 0 Å². The number of fused-ring (bicyclic) bond motifs is 2. The number of hydrogen-bond acceptors (Lipinski definition) is 9. The minimum Gasteiger partial charge on any atom is -0.453 e. The van der Waals surface area contributed by atoms with Gasteiger partial charge in [-0.15, -0.1) is 0 Å². The van der Waals surface area contributed by atoms with Crippen molar-refractivity contribution in [3.05, 3.63) is 93.9 Å². The molecule has 1 saturated carbocycles. The van der Waals surface area contributed by atoms with E-state index in [9.17, 15) is 24.0 Å². The van der Waals surface area contributed by atoms with E-state index in [4.69, 9.17) is 9.97 Å². The van der Waals surface area contributed by atoms with Gasteiger partial charge >= 0.3 is 12.2 Å². The third kappa shape index (κ3) is 8.59. The summed E-state index contributed by atoms with van der Waals surface area (Å²) in [7, 11) is 4.18. The van der Waals surface area contributed by atoms with E-state index in [0.29, 0.717) is 29.7 Å². The second-order valence-electron chi connectivity index (χ2n) is 17.8. The predicted octanol–water partition coefficient (Wildman–Crippen LogP) is 7.76. The van der Waals surface area contributed by atoms with Gasteiger partial charge < -0.3 is 39.9 Å². The first kappa shape index (κ1) is 44.1. The number of likely N-dealkylation sites (N-methyl/N-ethyl adjacent to an activating group) is 1. The highest BCUT2D eigenvalue weighted by Crippen LogP contribution is 2.53. The normalized spacial score (nSPS) is 17.8. The van der Waals surface area contributed by atoms with Gasteiger partial charge in [-0.3, -0.25) is 14.4 Å². The molecular formula is C49H58N8O7. The molecule has 4 amide bonds. The number of aromatic amines is 2. The Bertz CT molecular complexity index is 2630. The number of imidazole rings is 1. The summed E-state index contributed by atoms with van der Waals surface area (Å²) in [4.78, 5) is 83.4. The second-order valence-corrected chi connectivity index (χ2v) is 17.8. The minimum absolute atomic E-state index is 0.174. The van der Waals surface area contributed by atoms with Gasteiger partial charge in [0.2, 0.25) is 11.8 Å². The lowest BCUT2D eigenvalue weighted by atomic mass is 9.82. The number of ether oxygens (including phenoxy) is 2. The van der Waals surface area contributed by atoms with Crippen LogP contribution in [0, 0.1) is 5.41 Å². The lowest BCUT2D eigenvalue weighted by Gasteiger charge is -2.29. The highest BCUT2D eigenvalue weighted by molar-refractivity contribution is 5.88. The van der Waals surface area contributed by atoms with Crippen LogP contribution in [-0.2, 0) is 31.9 Å². The molecule has 15 nitrogen and oxygen atoms in total. The van der Waals surface area contributed by atoms with E-state index in [0.717, 1.165) is 65.9 Å². The van der Waals surface area contributed by atoms with Crippen molar-refractivity contribution >= 4 is 34.9 Å². The number of alkyl carbamates (subject to hydrolysis) is 2. The molecule has 4 atom stereocenters. The molecule has 3 heterocycles. The summed E-state index contributed by atoms with van der Waals surface area (Å²) in [5, 5.41) is 5.59. The van der Waals surface area contributed by atoms with Crippen molar-refractivity contribution in [1.82, 2.24) is 40.4 Å². The van der Waals surface area contributed by atoms with Gasteiger partial charge in [-0.2, -0.15) is 0 Å². The number of nitrogens with zero attached hydrogens (tertiary/aromatic N) is 4. The van der Waals surface area contributed by atoms with E-state index in [1.807, 2.05) is 31.3 Å². The molecule has 15 heteroatoms. The zero-order valence-electron chi connectivity index (χ0n) is 37.5. The van der Waals surface area contributed by atoms with Crippen LogP contribution in [-0.4, -0.2) is 93.6 Å². The molecule has 1 spiro atoms. The zero-order chi connectivity index (χ0) is 45.3. The Morgan fingerprint density at radius 3 is 2.14 bits per heavy atom. The summed E-state index contributed by atoms with van der Waals surface area (Å²) < 4.78 is 9.36. The molecule has 4 N–H and O–H groups in total. The molecule has 1 aliphatic heterocycles. The molecule has 1 saturated heterocycles. The molecular weight excluding hydrogens is 813 g/mol. The number of amides is 4. The van der Waals surface area contributed by atoms with Crippen LogP contribution in [0.4, 0.5) is 9.59 Å². The van der Waals surface area contributed by atoms with Crippen LogP contribution >= 0.6 is 0 Å². The van der Waals surface area contributed by atoms with Crippen LogP contribution < -0.4 is 16.2 Å². The van der Waals surface area contributed by atoms with Gasteiger partial charge in [0.1, 0.15) is 23.7 Å². The number of carbonyl (C=O) groups is 4. The summed E-state index contributed by atoms with van der Waals surface area (Å²) in [5.41, 5.74) is 9.51. The molecule has 0 unspecified atom stereocenters. The van der Waals surface area contributed by atoms with Gasteiger partial charge in [0.05, 0.1) is 49.1 Å². The number of benzene rings is 3. The summed E-state index contributed by atoms with van der Waals surface area (Å²) in [6.45, 7) is 5.85. The smallest absolute Gasteiger partial charge is 0.407 e. The van der Waals surface area contributed by atoms with Crippen molar-refractivity contribution in [2.24, 2.45) is 5.41 Å². The lowest BCUT2D eigenvalue weighted by Crippen LogP contribution is -2.47. The summed E-state index contributed by atoms with van der Waals surface area (Å²) >= 11 is 0. The van der Waals surface area contributed by atoms with E-state index in [2.05, 4.69) is 66.5 Å². The number of likely N-dealkylation sites (tertiary alicyclic amines) is 1. The number of H-pyrrole nitrogens is 2. The third-order valence-corrected chi connectivity index (χ3v) is 13.7. The first-order valence-electron chi connectivity index (χ1n) is 22.4. The summed E-state index contributed by atoms with van der Waals surface area (Å²) in [6.07, 6.45) is 10.3. The Morgan fingerprint density at radius 1 is 0.859 bits per heavy atom. The molecule has 5 aromatic rings. The Labute approximate surface area is 372 Å². The predicted molar refractivity (Wildman–Crippen MR) is 243 cm³/mol. The summed E-state index contributed by atoms with van der Waals surface area (Å²) in [5.74, 6) is 0.618. The average Bonchev–Trinajstić information content (AvgIpc) is 4.15. The molecule has 0 radical (unpaired) electrons. The van der Waals surface area contributed by atoms with Crippen LogP contribution in [0.15, 0.2) is 65.6 Å². The van der Waals surface area contributed by atoms with E-state index >= 15 is 0 Å². The quantitative estimate of drug-likeness (QED) is 0.0971. The first-order chi connectivity index (χ1) is 30.8. The fourth-order valence-electron chi connectivity index (χ4n) is 10.3. The van der Waals surface area contributed by atoms with Gasteiger partial charge in [-0.05, 0) is 115 Å². The van der Waals surface area contributed by atoms with Gasteiger partial charge in [0.25, 0.3) is 5.56 Å². The maximum atomic E-state index is 13.9. The number of carbonyl (C=O) groups excluding carboxylic acids is 4. The maximum Gasteiger partial charge on any atom is 0.407 e. The molecule has 8 rings (SSSR count). The van der Waals surface area contributed by atoms with Crippen LogP contribution in [0.1, 0.15) is 107 Å². The largest absolute Gasteiger partial charge is 0.453 e. The van der Waals surface area contributed by atoms with Crippen LogP contribution in [0.5, 0.6) is 0 Å². The molecule has 64 heavy (non-hydrogen) atoms. The lowest BCUT2D eigenvalue weighted by molar-refractivity contribution is -0.134. The third-order valence-electron chi connectivity index (χ3n) is 13.7. The Morgan fingerprint density at radius 2 is 1.48 bits per heavy atom. The van der Waals surface area contributed by atoms with Crippen molar-refractivity contribution in [1.29, 1.82) is 0 Å². The molecule has 2 aromatic heterocycles. The van der Waals surface area contributed by atoms with E-state index in [-0.39, 0.29) is 28.8 Å². The SMILES string of the molecule is CCC[C@@H](c1nc2ccc(-c3ccc(-c4ccc(-c5cnc([C@@H]6CCCN6C(=O)[C@H](C)NC(=O)OC)[nH]5)cc4)c4c3CC3(CCCC3)C4)cc2c(=O)[nH]1)N(C)C(=O)[C@H](C)NC(=O)OC. The number of rotatable bonds is 12. The van der Waals surface area contributed by atoms with Gasteiger partial charge in [-0.25, -0.2) is 19.6 Å². The number of methoxy groups -OCH3 is 2. The molecule has 336 valence electrons. The standard InChI is InChI=1S/C49H58N8O7/c1-7-11-40(56(4)45(59)28(2)51-47(61)63-5)43-53-38-20-17-32(24-35(38)44(58)55-43)34-19-18-33(36-25-49(26-37(34)36)21-8-9-22-49)30-13-15-31(16-14-30)39-27-50-42(54-39)41-12-10-23-57(41)46(60)29(3)52-48(62)64-6/h13-20,24,27-29,40-41H,7-12,21-23,25-26H2,1-6H3,(H,50,54)(H,51,61)(H,52,62)(H,53,55,58)/t28-,29-,40-,41-/m0/s1. The fourth-order valence-corrected chi connectivity index (χ4v) is 10.3. The van der Waals surface area contributed by atoms with Crippen molar-refractivity contribution in [2.45, 2.75) is 109 Å². The highest BCUT2D eigenvalue weighted by atomic mass is 16.5. The Kier molecular flexibility index (Phi) is 12.6. The maximum absolute atomic E-state index is 13.9. The molecule has 3 aromatic carbocycles. The van der Waals surface area contributed by atoms with E-state index < -0.39 is 30.3 Å². The van der Waals surface area contributed by atoms with Crippen LogP contribution in [0.3, 0.4) is 0 Å². The highest BCUT2D eigenvalue weighted by Gasteiger charge is 2.42. The van der Waals surface area contributed by atoms with Crippen LogP contribution in [0.2, 0.25) is 0 Å². The minimum atomic E-state index is -0.831. The Hall–Kier alpha value is -6.51. The van der Waals surface area contributed by atoms with Crippen LogP contribution in [0.25, 0.3) is 44.4 Å². The second kappa shape index (κ2) is 18.3. The van der Waals surface area contributed by atoms with Gasteiger partial charge in [0.15, 0.2) is 0 Å². The average molecular weight is 871 g/mol. The molecule has 2 fully saturated rings.